The molecule has 0 aliphatic rings. The Morgan fingerprint density at radius 1 is 1.30 bits per heavy atom. The molecule has 0 aromatic heterocycles. The Labute approximate surface area is 114 Å². The van der Waals surface area contributed by atoms with Gasteiger partial charge < -0.3 is 14.2 Å². The van der Waals surface area contributed by atoms with E-state index in [1.807, 2.05) is 0 Å². The standard InChI is InChI=1S/C12H13NO7/c1-3-18-11(14)8(2)19-12(15)20-10-6-4-9(5-7-10)13(16)17/h4-8H,3H2,1-2H3. The zero-order valence-corrected chi connectivity index (χ0v) is 10.9. The predicted molar refractivity (Wildman–Crippen MR) is 66.3 cm³/mol. The fraction of sp³-hybridized carbons (Fsp3) is 0.333. The first-order valence-electron chi connectivity index (χ1n) is 5.73. The average molecular weight is 283 g/mol. The Balaban J connectivity index is 2.54. The lowest BCUT2D eigenvalue weighted by atomic mass is 10.3. The van der Waals surface area contributed by atoms with Crippen molar-refractivity contribution in [3.63, 3.8) is 0 Å². The van der Waals surface area contributed by atoms with E-state index in [2.05, 4.69) is 9.47 Å². The van der Waals surface area contributed by atoms with Crippen LogP contribution in [0.3, 0.4) is 0 Å². The van der Waals surface area contributed by atoms with Crippen molar-refractivity contribution in [2.24, 2.45) is 0 Å². The minimum absolute atomic E-state index is 0.0664. The van der Waals surface area contributed by atoms with Crippen molar-refractivity contribution in [2.75, 3.05) is 6.61 Å². The first-order valence-corrected chi connectivity index (χ1v) is 5.73. The van der Waals surface area contributed by atoms with Crippen LogP contribution in [0.15, 0.2) is 24.3 Å². The molecule has 0 radical (unpaired) electrons. The summed E-state index contributed by atoms with van der Waals surface area (Å²) in [6, 6.07) is 4.84. The number of nitro groups is 1. The van der Waals surface area contributed by atoms with Gasteiger partial charge in [0.2, 0.25) is 0 Å². The zero-order chi connectivity index (χ0) is 15.1. The van der Waals surface area contributed by atoms with Crippen molar-refractivity contribution >= 4 is 17.8 Å². The summed E-state index contributed by atoms with van der Waals surface area (Å²) in [5.41, 5.74) is -0.134. The second-order valence-corrected chi connectivity index (χ2v) is 3.62. The van der Waals surface area contributed by atoms with Crippen LogP contribution < -0.4 is 4.74 Å². The lowest BCUT2D eigenvalue weighted by Gasteiger charge is -2.11. The van der Waals surface area contributed by atoms with Crippen LogP contribution in [-0.2, 0) is 14.3 Å². The first kappa shape index (κ1) is 15.4. The first-order chi connectivity index (χ1) is 9.43. The molecular weight excluding hydrogens is 270 g/mol. The third-order valence-corrected chi connectivity index (χ3v) is 2.14. The van der Waals surface area contributed by atoms with Crippen LogP contribution in [0, 0.1) is 10.1 Å². The fourth-order valence-corrected chi connectivity index (χ4v) is 1.21. The lowest BCUT2D eigenvalue weighted by Crippen LogP contribution is -2.27. The van der Waals surface area contributed by atoms with Crippen molar-refractivity contribution in [1.29, 1.82) is 0 Å². The molecular formula is C12H13NO7. The summed E-state index contributed by atoms with van der Waals surface area (Å²) >= 11 is 0. The molecule has 0 N–H and O–H groups in total. The highest BCUT2D eigenvalue weighted by atomic mass is 16.7. The average Bonchev–Trinajstić information content (AvgIpc) is 2.39. The Bertz CT molecular complexity index is 497. The van der Waals surface area contributed by atoms with Crippen LogP contribution in [0.4, 0.5) is 10.5 Å². The number of rotatable bonds is 5. The Hall–Kier alpha value is -2.64. The Morgan fingerprint density at radius 3 is 2.40 bits per heavy atom. The number of esters is 1. The normalized spacial score (nSPS) is 11.3. The number of carbonyl (C=O) groups excluding carboxylic acids is 2. The van der Waals surface area contributed by atoms with Gasteiger partial charge in [-0.2, -0.15) is 0 Å². The highest BCUT2D eigenvalue weighted by Crippen LogP contribution is 2.17. The van der Waals surface area contributed by atoms with Crippen LogP contribution >= 0.6 is 0 Å². The van der Waals surface area contributed by atoms with Crippen LogP contribution in [-0.4, -0.2) is 29.8 Å². The topological polar surface area (TPSA) is 105 Å². The van der Waals surface area contributed by atoms with Gasteiger partial charge in [-0.3, -0.25) is 10.1 Å². The molecule has 1 aromatic rings. The molecule has 20 heavy (non-hydrogen) atoms. The van der Waals surface area contributed by atoms with Gasteiger partial charge in [-0.25, -0.2) is 9.59 Å². The van der Waals surface area contributed by atoms with Crippen LogP contribution in [0.2, 0.25) is 0 Å². The minimum atomic E-state index is -1.10. The van der Waals surface area contributed by atoms with Gasteiger partial charge in [0.15, 0.2) is 6.10 Å². The van der Waals surface area contributed by atoms with Crippen molar-refractivity contribution in [1.82, 2.24) is 0 Å². The van der Waals surface area contributed by atoms with Gasteiger partial charge >= 0.3 is 12.1 Å². The number of carbonyl (C=O) groups is 2. The molecule has 0 aliphatic heterocycles. The lowest BCUT2D eigenvalue weighted by molar-refractivity contribution is -0.384. The fourth-order valence-electron chi connectivity index (χ4n) is 1.21. The molecule has 0 bridgehead atoms. The van der Waals surface area contributed by atoms with E-state index in [1.54, 1.807) is 6.92 Å². The molecule has 8 heteroatoms. The summed E-state index contributed by atoms with van der Waals surface area (Å²) < 4.78 is 14.1. The maximum atomic E-state index is 11.4. The number of nitrogens with zero attached hydrogens (tertiary/aromatic N) is 1. The molecule has 0 heterocycles. The van der Waals surface area contributed by atoms with E-state index in [4.69, 9.17) is 4.74 Å². The maximum absolute atomic E-state index is 11.4. The molecule has 1 atom stereocenters. The summed E-state index contributed by atoms with van der Waals surface area (Å²) in [6.07, 6.45) is -2.19. The molecule has 1 aromatic carbocycles. The van der Waals surface area contributed by atoms with Crippen LogP contribution in [0.5, 0.6) is 5.75 Å². The summed E-state index contributed by atoms with van der Waals surface area (Å²) in [7, 11) is 0. The van der Waals surface area contributed by atoms with E-state index in [-0.39, 0.29) is 18.0 Å². The second-order valence-electron chi connectivity index (χ2n) is 3.62. The van der Waals surface area contributed by atoms with Crippen LogP contribution in [0.1, 0.15) is 13.8 Å². The van der Waals surface area contributed by atoms with Crippen molar-refractivity contribution < 1.29 is 28.7 Å². The molecule has 0 saturated heterocycles. The highest BCUT2D eigenvalue weighted by Gasteiger charge is 2.20. The quantitative estimate of drug-likeness (QED) is 0.352. The maximum Gasteiger partial charge on any atom is 0.514 e. The molecule has 0 fully saturated rings. The summed E-state index contributed by atoms with van der Waals surface area (Å²) in [4.78, 5) is 32.4. The van der Waals surface area contributed by atoms with Gasteiger partial charge in [0.25, 0.3) is 5.69 Å². The predicted octanol–water partition coefficient (Wildman–Crippen LogP) is 2.06. The molecule has 1 rings (SSSR count). The molecule has 0 amide bonds. The smallest absolute Gasteiger partial charge is 0.463 e. The SMILES string of the molecule is CCOC(=O)C(C)OC(=O)Oc1ccc([N+](=O)[O-])cc1. The molecule has 0 spiro atoms. The minimum Gasteiger partial charge on any atom is -0.463 e. The number of ether oxygens (including phenoxy) is 3. The monoisotopic (exact) mass is 283 g/mol. The molecule has 8 nitrogen and oxygen atoms in total. The van der Waals surface area contributed by atoms with Crippen molar-refractivity contribution in [3.8, 4) is 5.75 Å². The number of hydrogen-bond donors (Lipinski definition) is 0. The van der Waals surface area contributed by atoms with Gasteiger partial charge in [-0.15, -0.1) is 0 Å². The second kappa shape index (κ2) is 7.07. The van der Waals surface area contributed by atoms with Gasteiger partial charge in [-0.1, -0.05) is 0 Å². The Kier molecular flexibility index (Phi) is 5.45. The van der Waals surface area contributed by atoms with E-state index in [0.717, 1.165) is 0 Å². The third-order valence-electron chi connectivity index (χ3n) is 2.14. The van der Waals surface area contributed by atoms with Gasteiger partial charge in [0.05, 0.1) is 11.5 Å². The highest BCUT2D eigenvalue weighted by molar-refractivity contribution is 5.77. The summed E-state index contributed by atoms with van der Waals surface area (Å²) in [5, 5.41) is 10.4. The molecule has 1 unspecified atom stereocenters. The molecule has 108 valence electrons. The Morgan fingerprint density at radius 2 is 1.90 bits per heavy atom. The van der Waals surface area contributed by atoms with Crippen molar-refractivity contribution in [2.45, 2.75) is 20.0 Å². The molecule has 0 saturated carbocycles. The van der Waals surface area contributed by atoms with Crippen LogP contribution in [0.25, 0.3) is 0 Å². The van der Waals surface area contributed by atoms with Gasteiger partial charge in [0.1, 0.15) is 5.75 Å². The number of benzene rings is 1. The van der Waals surface area contributed by atoms with E-state index in [1.165, 1.54) is 31.2 Å². The summed E-state index contributed by atoms with van der Waals surface area (Å²) in [5.74, 6) is -0.621. The van der Waals surface area contributed by atoms with Gasteiger partial charge in [0, 0.05) is 12.1 Å². The largest absolute Gasteiger partial charge is 0.514 e. The number of hydrogen-bond acceptors (Lipinski definition) is 7. The zero-order valence-electron chi connectivity index (χ0n) is 10.9. The van der Waals surface area contributed by atoms with E-state index >= 15 is 0 Å². The molecule has 0 aliphatic carbocycles. The van der Waals surface area contributed by atoms with E-state index < -0.39 is 23.2 Å². The van der Waals surface area contributed by atoms with Crippen molar-refractivity contribution in [3.05, 3.63) is 34.4 Å². The van der Waals surface area contributed by atoms with Gasteiger partial charge in [-0.05, 0) is 26.0 Å². The third kappa shape index (κ3) is 4.56. The summed E-state index contributed by atoms with van der Waals surface area (Å²) in [6.45, 7) is 3.14. The number of non-ortho nitro benzene ring substituents is 1. The van der Waals surface area contributed by atoms with E-state index in [0.29, 0.717) is 0 Å². The van der Waals surface area contributed by atoms with E-state index in [9.17, 15) is 19.7 Å². The number of nitro benzene ring substituents is 1.